The van der Waals surface area contributed by atoms with Crippen molar-refractivity contribution in [1.82, 2.24) is 15.4 Å². The van der Waals surface area contributed by atoms with Crippen molar-refractivity contribution in [2.75, 3.05) is 0 Å². The van der Waals surface area contributed by atoms with Crippen molar-refractivity contribution in [2.45, 2.75) is 49.9 Å². The van der Waals surface area contributed by atoms with Gasteiger partial charge in [-0.15, -0.1) is 11.8 Å². The van der Waals surface area contributed by atoms with Crippen molar-refractivity contribution in [2.24, 2.45) is 0 Å². The number of hydrogen-bond donors (Lipinski definition) is 3. The van der Waals surface area contributed by atoms with Gasteiger partial charge in [0.2, 0.25) is 5.91 Å². The molecule has 0 aliphatic carbocycles. The van der Waals surface area contributed by atoms with Crippen LogP contribution in [0.4, 0.5) is 4.39 Å². The van der Waals surface area contributed by atoms with E-state index in [-0.39, 0.29) is 27.6 Å². The third kappa shape index (κ3) is 4.47. The number of benzene rings is 1. The van der Waals surface area contributed by atoms with E-state index in [2.05, 4.69) is 10.5 Å². The van der Waals surface area contributed by atoms with Crippen LogP contribution in [0.1, 0.15) is 36.9 Å². The van der Waals surface area contributed by atoms with Crippen LogP contribution in [0, 0.1) is 12.7 Å². The van der Waals surface area contributed by atoms with E-state index in [1.54, 1.807) is 13.8 Å². The molecule has 0 radical (unpaired) electrons. The van der Waals surface area contributed by atoms with Gasteiger partial charge < -0.3 is 25.0 Å². The lowest BCUT2D eigenvalue weighted by Gasteiger charge is -2.31. The average molecular weight is 514 g/mol. The van der Waals surface area contributed by atoms with Gasteiger partial charge in [0.25, 0.3) is 5.91 Å². The predicted octanol–water partition coefficient (Wildman–Crippen LogP) is 2.78. The molecule has 34 heavy (non-hydrogen) atoms. The number of aromatic nitrogens is 1. The largest absolute Gasteiger partial charge is 0.480 e. The van der Waals surface area contributed by atoms with Crippen molar-refractivity contribution >= 4 is 47.1 Å². The first kappa shape index (κ1) is 25.5. The lowest BCUT2D eigenvalue weighted by Crippen LogP contribution is -2.57. The molecule has 1 fully saturated rings. The minimum atomic E-state index is -1.71. The molecule has 182 valence electrons. The zero-order chi connectivity index (χ0) is 25.5. The fourth-order valence-electron chi connectivity index (χ4n) is 3.92. The van der Waals surface area contributed by atoms with E-state index in [0.717, 1.165) is 29.7 Å². The van der Waals surface area contributed by atoms with E-state index in [0.29, 0.717) is 0 Å². The Morgan fingerprint density at radius 2 is 1.94 bits per heavy atom. The highest BCUT2D eigenvalue weighted by atomic mass is 35.5. The van der Waals surface area contributed by atoms with Crippen LogP contribution in [0.5, 0.6) is 0 Å². The van der Waals surface area contributed by atoms with Gasteiger partial charge >= 0.3 is 11.9 Å². The Bertz CT molecular complexity index is 1160. The van der Waals surface area contributed by atoms with E-state index in [1.807, 2.05) is 0 Å². The molecule has 3 atom stereocenters. The second-order valence-corrected chi connectivity index (χ2v) is 10.3. The maximum atomic E-state index is 14.5. The summed E-state index contributed by atoms with van der Waals surface area (Å²) in [4.78, 5) is 50.5. The fraction of sp³-hybridized carbons (Fsp3) is 0.381. The normalized spacial score (nSPS) is 20.1. The predicted molar refractivity (Wildman–Crippen MR) is 120 cm³/mol. The molecule has 1 aliphatic heterocycles. The first-order valence-corrected chi connectivity index (χ1v) is 11.2. The smallest absolute Gasteiger partial charge is 0.329 e. The standard InChI is InChI=1S/C21H21ClFN3O7S/c1-8-12(14(25-33-8)13-10(22)6-5-7-11(13)23)17(28)24-15(19(29)30)18-26(9(2)27)16(20(31)32)21(3,4)34-18/h5-7,15-16,18H,1-4H3,(H,24,28)(H,29,30)(H,31,32). The highest BCUT2D eigenvalue weighted by Gasteiger charge is 2.56. The topological polar surface area (TPSA) is 150 Å². The molecule has 2 heterocycles. The Morgan fingerprint density at radius 1 is 1.29 bits per heavy atom. The van der Waals surface area contributed by atoms with E-state index in [1.165, 1.54) is 19.1 Å². The fourth-order valence-corrected chi connectivity index (χ4v) is 5.85. The summed E-state index contributed by atoms with van der Waals surface area (Å²) in [7, 11) is 0. The number of thioether (sulfide) groups is 1. The number of carboxylic acid groups (broad SMARTS) is 2. The number of hydrogen-bond acceptors (Lipinski definition) is 7. The highest BCUT2D eigenvalue weighted by molar-refractivity contribution is 8.01. The first-order valence-electron chi connectivity index (χ1n) is 9.91. The number of carboxylic acids is 2. The van der Waals surface area contributed by atoms with Gasteiger partial charge in [0.1, 0.15) is 34.3 Å². The number of aryl methyl sites for hydroxylation is 1. The van der Waals surface area contributed by atoms with E-state index in [9.17, 15) is 33.8 Å². The molecule has 2 aromatic rings. The van der Waals surface area contributed by atoms with Crippen molar-refractivity contribution in [3.8, 4) is 11.3 Å². The number of aliphatic carboxylic acids is 2. The summed E-state index contributed by atoms with van der Waals surface area (Å²) in [6.45, 7) is 5.63. The molecule has 1 aromatic heterocycles. The summed E-state index contributed by atoms with van der Waals surface area (Å²) in [6, 6.07) is 0.829. The Kier molecular flexibility index (Phi) is 6.94. The van der Waals surface area contributed by atoms with Gasteiger partial charge in [0.05, 0.1) is 10.6 Å². The second-order valence-electron chi connectivity index (χ2n) is 8.13. The first-order chi connectivity index (χ1) is 15.8. The summed E-state index contributed by atoms with van der Waals surface area (Å²) in [5.74, 6) is -5.25. The Labute approximate surface area is 202 Å². The van der Waals surface area contributed by atoms with Crippen molar-refractivity contribution in [3.63, 3.8) is 0 Å². The average Bonchev–Trinajstić information content (AvgIpc) is 3.22. The number of amides is 2. The van der Waals surface area contributed by atoms with Gasteiger partial charge in [0, 0.05) is 11.7 Å². The number of nitrogens with zero attached hydrogens (tertiary/aromatic N) is 2. The van der Waals surface area contributed by atoms with Gasteiger partial charge in [-0.05, 0) is 32.9 Å². The third-order valence-electron chi connectivity index (χ3n) is 5.36. The molecule has 0 saturated carbocycles. The van der Waals surface area contributed by atoms with Gasteiger partial charge in [-0.3, -0.25) is 9.59 Å². The molecule has 2 amide bonds. The van der Waals surface area contributed by atoms with Gasteiger partial charge in [0.15, 0.2) is 6.04 Å². The van der Waals surface area contributed by atoms with Crippen LogP contribution in [-0.2, 0) is 14.4 Å². The summed E-state index contributed by atoms with van der Waals surface area (Å²) in [5.41, 5.74) is -0.677. The number of halogens is 2. The molecule has 1 aromatic carbocycles. The zero-order valence-electron chi connectivity index (χ0n) is 18.5. The summed E-state index contributed by atoms with van der Waals surface area (Å²) >= 11 is 7.02. The summed E-state index contributed by atoms with van der Waals surface area (Å²) in [5, 5.41) is 24.3. The summed E-state index contributed by atoms with van der Waals surface area (Å²) in [6.07, 6.45) is 0. The number of rotatable bonds is 6. The second kappa shape index (κ2) is 9.26. The van der Waals surface area contributed by atoms with E-state index < -0.39 is 51.8 Å². The van der Waals surface area contributed by atoms with Crippen LogP contribution < -0.4 is 5.32 Å². The van der Waals surface area contributed by atoms with Crippen molar-refractivity contribution in [3.05, 3.63) is 40.4 Å². The van der Waals surface area contributed by atoms with Crippen LogP contribution >= 0.6 is 23.4 Å². The molecule has 0 spiro atoms. The molecule has 1 aliphatic rings. The molecule has 1 saturated heterocycles. The van der Waals surface area contributed by atoms with Crippen molar-refractivity contribution < 1.29 is 38.3 Å². The molecule has 13 heteroatoms. The quantitative estimate of drug-likeness (QED) is 0.529. The molecular formula is C21H21ClFN3O7S. The lowest BCUT2D eigenvalue weighted by molar-refractivity contribution is -0.152. The lowest BCUT2D eigenvalue weighted by atomic mass is 10.0. The van der Waals surface area contributed by atoms with Crippen LogP contribution in [0.25, 0.3) is 11.3 Å². The zero-order valence-corrected chi connectivity index (χ0v) is 20.0. The molecule has 3 rings (SSSR count). The monoisotopic (exact) mass is 513 g/mol. The van der Waals surface area contributed by atoms with Gasteiger partial charge in [-0.25, -0.2) is 14.0 Å². The maximum Gasteiger partial charge on any atom is 0.329 e. The molecular weight excluding hydrogens is 493 g/mol. The summed E-state index contributed by atoms with van der Waals surface area (Å²) < 4.78 is 18.5. The minimum absolute atomic E-state index is 0.0257. The van der Waals surface area contributed by atoms with Gasteiger partial charge in [-0.1, -0.05) is 22.8 Å². The van der Waals surface area contributed by atoms with Crippen LogP contribution in [0.3, 0.4) is 0 Å². The molecule has 3 unspecified atom stereocenters. The third-order valence-corrected chi connectivity index (χ3v) is 7.25. The van der Waals surface area contributed by atoms with E-state index >= 15 is 0 Å². The molecule has 10 nitrogen and oxygen atoms in total. The van der Waals surface area contributed by atoms with Crippen molar-refractivity contribution in [1.29, 1.82) is 0 Å². The van der Waals surface area contributed by atoms with Crippen LogP contribution in [0.15, 0.2) is 22.7 Å². The highest BCUT2D eigenvalue weighted by Crippen LogP contribution is 2.46. The minimum Gasteiger partial charge on any atom is -0.480 e. The number of nitrogens with one attached hydrogen (secondary N) is 1. The Morgan fingerprint density at radius 3 is 2.47 bits per heavy atom. The SMILES string of the molecule is CC(=O)N1C(C(NC(=O)c2c(-c3c(F)cccc3Cl)noc2C)C(=O)O)SC(C)(C)C1C(=O)O. The van der Waals surface area contributed by atoms with E-state index in [4.69, 9.17) is 16.1 Å². The van der Waals surface area contributed by atoms with Crippen LogP contribution in [-0.4, -0.2) is 66.2 Å². The van der Waals surface area contributed by atoms with Gasteiger partial charge in [-0.2, -0.15) is 0 Å². The molecule has 0 bridgehead atoms. The number of carbonyl (C=O) groups is 4. The molecule has 3 N–H and O–H groups in total. The Balaban J connectivity index is 2.02. The Hall–Kier alpha value is -3.12. The number of carbonyl (C=O) groups excluding carboxylic acids is 2. The maximum absolute atomic E-state index is 14.5. The van der Waals surface area contributed by atoms with Crippen LogP contribution in [0.2, 0.25) is 5.02 Å².